The number of pyridine rings is 1. The van der Waals surface area contributed by atoms with Crippen molar-refractivity contribution in [2.45, 2.75) is 6.92 Å². The van der Waals surface area contributed by atoms with Crippen molar-refractivity contribution in [2.75, 3.05) is 5.32 Å². The molecule has 2 N–H and O–H groups in total. The van der Waals surface area contributed by atoms with Gasteiger partial charge < -0.3 is 10.3 Å². The number of carbonyl (C=O) groups is 1. The topological polar surface area (TPSA) is 62.0 Å². The number of fused-ring (bicyclic) bond motifs is 1. The molecule has 0 spiro atoms. The van der Waals surface area contributed by atoms with Gasteiger partial charge in [0, 0.05) is 22.3 Å². The maximum atomic E-state index is 12.4. The summed E-state index contributed by atoms with van der Waals surface area (Å²) in [5, 5.41) is 3.72. The molecule has 5 heteroatoms. The Labute approximate surface area is 131 Å². The molecule has 0 aliphatic carbocycles. The quantitative estimate of drug-likeness (QED) is 0.757. The van der Waals surface area contributed by atoms with Gasteiger partial charge in [-0.2, -0.15) is 0 Å². The number of benzene rings is 2. The number of carbonyl (C=O) groups excluding carboxylic acids is 1. The first-order chi connectivity index (χ1) is 10.6. The highest BCUT2D eigenvalue weighted by Crippen LogP contribution is 2.17. The molecule has 1 amide bonds. The molecule has 4 nitrogen and oxygen atoms in total. The van der Waals surface area contributed by atoms with Gasteiger partial charge in [-0.15, -0.1) is 0 Å². The Morgan fingerprint density at radius 2 is 1.95 bits per heavy atom. The second kappa shape index (κ2) is 5.66. The summed E-state index contributed by atoms with van der Waals surface area (Å²) in [5.74, 6) is -0.438. The van der Waals surface area contributed by atoms with Gasteiger partial charge in [0.15, 0.2) is 0 Å². The van der Waals surface area contributed by atoms with E-state index in [1.165, 1.54) is 6.20 Å². The molecule has 0 saturated carbocycles. The fourth-order valence-electron chi connectivity index (χ4n) is 2.27. The summed E-state index contributed by atoms with van der Waals surface area (Å²) in [6.45, 7) is 1.89. The van der Waals surface area contributed by atoms with Crippen molar-refractivity contribution in [2.24, 2.45) is 0 Å². The zero-order chi connectivity index (χ0) is 15.7. The van der Waals surface area contributed by atoms with Crippen LogP contribution in [0.3, 0.4) is 0 Å². The molecule has 22 heavy (non-hydrogen) atoms. The number of nitrogens with one attached hydrogen (secondary N) is 2. The average molecular weight is 313 g/mol. The van der Waals surface area contributed by atoms with Gasteiger partial charge in [0.05, 0.1) is 5.52 Å². The Morgan fingerprint density at radius 3 is 2.73 bits per heavy atom. The minimum absolute atomic E-state index is 0.0677. The zero-order valence-electron chi connectivity index (χ0n) is 11.8. The van der Waals surface area contributed by atoms with Crippen LogP contribution in [-0.2, 0) is 0 Å². The van der Waals surface area contributed by atoms with Crippen molar-refractivity contribution >= 4 is 34.1 Å². The number of anilines is 1. The maximum absolute atomic E-state index is 12.4. The maximum Gasteiger partial charge on any atom is 0.261 e. The van der Waals surface area contributed by atoms with Gasteiger partial charge in [0.1, 0.15) is 5.56 Å². The van der Waals surface area contributed by atoms with Gasteiger partial charge in [0.2, 0.25) is 5.43 Å². The molecule has 0 aliphatic rings. The van der Waals surface area contributed by atoms with Crippen molar-refractivity contribution in [3.63, 3.8) is 0 Å². The molecule has 2 aromatic carbocycles. The van der Waals surface area contributed by atoms with E-state index in [-0.39, 0.29) is 11.0 Å². The van der Waals surface area contributed by atoms with Crippen molar-refractivity contribution < 1.29 is 4.79 Å². The number of aryl methyl sites for hydroxylation is 1. The summed E-state index contributed by atoms with van der Waals surface area (Å²) in [6.07, 6.45) is 1.41. The summed E-state index contributed by atoms with van der Waals surface area (Å²) in [5.41, 5.74) is 1.96. The molecule has 0 saturated heterocycles. The summed E-state index contributed by atoms with van der Waals surface area (Å²) in [6, 6.07) is 12.3. The van der Waals surface area contributed by atoms with Crippen LogP contribution in [0.2, 0.25) is 5.02 Å². The minimum atomic E-state index is -0.438. The molecular weight excluding hydrogens is 300 g/mol. The molecule has 3 rings (SSSR count). The number of hydrogen-bond acceptors (Lipinski definition) is 2. The highest BCUT2D eigenvalue weighted by Gasteiger charge is 2.14. The van der Waals surface area contributed by atoms with E-state index < -0.39 is 5.91 Å². The number of H-pyrrole nitrogens is 1. The van der Waals surface area contributed by atoms with Gasteiger partial charge in [-0.3, -0.25) is 9.59 Å². The van der Waals surface area contributed by atoms with Crippen LogP contribution in [-0.4, -0.2) is 10.9 Å². The van der Waals surface area contributed by atoms with Crippen LogP contribution in [0.15, 0.2) is 53.5 Å². The van der Waals surface area contributed by atoms with Gasteiger partial charge in [0.25, 0.3) is 5.91 Å². The molecule has 1 heterocycles. The van der Waals surface area contributed by atoms with E-state index in [1.54, 1.807) is 24.3 Å². The van der Waals surface area contributed by atoms with Crippen molar-refractivity contribution in [1.82, 2.24) is 4.98 Å². The van der Waals surface area contributed by atoms with E-state index in [1.807, 2.05) is 25.1 Å². The second-order valence-electron chi connectivity index (χ2n) is 4.99. The van der Waals surface area contributed by atoms with E-state index >= 15 is 0 Å². The molecule has 0 bridgehead atoms. The zero-order valence-corrected chi connectivity index (χ0v) is 12.6. The molecule has 0 atom stereocenters. The number of rotatable bonds is 2. The fraction of sp³-hybridized carbons (Fsp3) is 0.0588. The van der Waals surface area contributed by atoms with Gasteiger partial charge >= 0.3 is 0 Å². The summed E-state index contributed by atoms with van der Waals surface area (Å²) >= 11 is 5.90. The third-order valence-electron chi connectivity index (χ3n) is 3.48. The predicted molar refractivity (Wildman–Crippen MR) is 88.7 cm³/mol. The Bertz CT molecular complexity index is 931. The van der Waals surface area contributed by atoms with Crippen molar-refractivity contribution in [3.8, 4) is 0 Å². The number of aromatic nitrogens is 1. The van der Waals surface area contributed by atoms with Gasteiger partial charge in [-0.1, -0.05) is 29.8 Å². The van der Waals surface area contributed by atoms with E-state index in [9.17, 15) is 9.59 Å². The van der Waals surface area contributed by atoms with Crippen molar-refractivity contribution in [3.05, 3.63) is 75.0 Å². The second-order valence-corrected chi connectivity index (χ2v) is 5.43. The van der Waals surface area contributed by atoms with Crippen LogP contribution >= 0.6 is 11.6 Å². The van der Waals surface area contributed by atoms with Crippen LogP contribution in [0.25, 0.3) is 10.9 Å². The third-order valence-corrected chi connectivity index (χ3v) is 3.72. The van der Waals surface area contributed by atoms with Crippen LogP contribution in [0.4, 0.5) is 5.69 Å². The third kappa shape index (κ3) is 2.61. The van der Waals surface area contributed by atoms with Crippen LogP contribution < -0.4 is 10.7 Å². The Kier molecular flexibility index (Phi) is 3.69. The van der Waals surface area contributed by atoms with E-state index in [0.29, 0.717) is 21.6 Å². The Hall–Kier alpha value is -2.59. The Morgan fingerprint density at radius 1 is 1.18 bits per heavy atom. The predicted octanol–water partition coefficient (Wildman–Crippen LogP) is 3.74. The molecule has 0 unspecified atom stereocenters. The molecule has 0 aliphatic heterocycles. The number of amides is 1. The lowest BCUT2D eigenvalue weighted by Gasteiger charge is -2.08. The Balaban J connectivity index is 2.01. The first kappa shape index (κ1) is 14.4. The molecule has 0 fully saturated rings. The highest BCUT2D eigenvalue weighted by atomic mass is 35.5. The minimum Gasteiger partial charge on any atom is -0.360 e. The normalized spacial score (nSPS) is 10.6. The first-order valence-electron chi connectivity index (χ1n) is 6.74. The number of aromatic amines is 1. The first-order valence-corrected chi connectivity index (χ1v) is 7.12. The molecule has 1 aromatic heterocycles. The van der Waals surface area contributed by atoms with Gasteiger partial charge in [-0.05, 0) is 36.8 Å². The number of halogens is 1. The lowest BCUT2D eigenvalue weighted by molar-refractivity contribution is 0.102. The average Bonchev–Trinajstić information content (AvgIpc) is 2.49. The van der Waals surface area contributed by atoms with E-state index in [4.69, 9.17) is 11.6 Å². The van der Waals surface area contributed by atoms with Crippen LogP contribution in [0.1, 0.15) is 15.9 Å². The van der Waals surface area contributed by atoms with Crippen LogP contribution in [0, 0.1) is 6.92 Å². The smallest absolute Gasteiger partial charge is 0.261 e. The number of para-hydroxylation sites is 1. The standard InChI is InChI=1S/C17H13ClN2O2/c1-10-4-2-3-5-14(10)20-17(22)13-9-19-15-8-11(18)6-7-12(15)16(13)21/h2-9H,1H3,(H,19,21)(H,20,22). The molecule has 3 aromatic rings. The monoisotopic (exact) mass is 312 g/mol. The van der Waals surface area contributed by atoms with Crippen LogP contribution in [0.5, 0.6) is 0 Å². The lowest BCUT2D eigenvalue weighted by atomic mass is 10.1. The fourth-order valence-corrected chi connectivity index (χ4v) is 2.44. The lowest BCUT2D eigenvalue weighted by Crippen LogP contribution is -2.22. The molecular formula is C17H13ClN2O2. The largest absolute Gasteiger partial charge is 0.360 e. The molecule has 0 radical (unpaired) electrons. The van der Waals surface area contributed by atoms with Gasteiger partial charge in [-0.25, -0.2) is 0 Å². The highest BCUT2D eigenvalue weighted by molar-refractivity contribution is 6.31. The molecule has 110 valence electrons. The van der Waals surface area contributed by atoms with Crippen molar-refractivity contribution in [1.29, 1.82) is 0 Å². The van der Waals surface area contributed by atoms with E-state index in [2.05, 4.69) is 10.3 Å². The van der Waals surface area contributed by atoms with E-state index in [0.717, 1.165) is 5.56 Å². The SMILES string of the molecule is Cc1ccccc1NC(=O)c1c[nH]c2cc(Cl)ccc2c1=O. The summed E-state index contributed by atoms with van der Waals surface area (Å²) < 4.78 is 0. The number of hydrogen-bond donors (Lipinski definition) is 2. The summed E-state index contributed by atoms with van der Waals surface area (Å²) in [4.78, 5) is 27.7. The summed E-state index contributed by atoms with van der Waals surface area (Å²) in [7, 11) is 0.